The molecule has 0 saturated heterocycles. The number of benzene rings is 1. The Morgan fingerprint density at radius 3 is 2.17 bits per heavy atom. The van der Waals surface area contributed by atoms with E-state index in [9.17, 15) is 0 Å². The fourth-order valence-electron chi connectivity index (χ4n) is 1.91. The molecule has 0 heterocycles. The van der Waals surface area contributed by atoms with Crippen molar-refractivity contribution in [1.82, 2.24) is 0 Å². The van der Waals surface area contributed by atoms with Gasteiger partial charge >= 0.3 is 0 Å². The maximum absolute atomic E-state index is 6.29. The average Bonchev–Trinajstić information content (AvgIpc) is 2.39. The van der Waals surface area contributed by atoms with Crippen LogP contribution in [0.25, 0.3) is 0 Å². The molecule has 0 aliphatic heterocycles. The van der Waals surface area contributed by atoms with Gasteiger partial charge in [-0.25, -0.2) is 0 Å². The molecule has 0 atom stereocenters. The number of alkyl halides is 1. The molecule has 0 radical (unpaired) electrons. The minimum Gasteiger partial charge on any atom is -0.371 e. The first kappa shape index (κ1) is 15.8. The molecule has 18 heavy (non-hydrogen) atoms. The van der Waals surface area contributed by atoms with Crippen molar-refractivity contribution < 1.29 is 0 Å². The fourth-order valence-corrected chi connectivity index (χ4v) is 2.80. The zero-order valence-electron chi connectivity index (χ0n) is 11.4. The molecule has 0 fully saturated rings. The van der Waals surface area contributed by atoms with Gasteiger partial charge in [-0.2, -0.15) is 0 Å². The predicted octanol–water partition coefficient (Wildman–Crippen LogP) is 5.64. The molecular weight excluding hydrogens is 310 g/mol. The van der Waals surface area contributed by atoms with Crippen LogP contribution in [0, 0.1) is 0 Å². The van der Waals surface area contributed by atoms with Gasteiger partial charge in [0, 0.05) is 29.1 Å². The molecule has 0 amide bonds. The summed E-state index contributed by atoms with van der Waals surface area (Å²) in [5.41, 5.74) is 2.41. The van der Waals surface area contributed by atoms with Crippen molar-refractivity contribution in [1.29, 1.82) is 0 Å². The number of unbranched alkanes of at least 4 members (excludes halogenated alkanes) is 2. The summed E-state index contributed by atoms with van der Waals surface area (Å²) in [4.78, 5) is 2.46. The van der Waals surface area contributed by atoms with Crippen LogP contribution in [0.2, 0.25) is 5.02 Å². The first-order chi connectivity index (χ1) is 8.72. The predicted molar refractivity (Wildman–Crippen MR) is 86.1 cm³/mol. The van der Waals surface area contributed by atoms with Gasteiger partial charge < -0.3 is 4.90 Å². The molecule has 0 spiro atoms. The molecule has 1 rings (SSSR count). The highest BCUT2D eigenvalue weighted by molar-refractivity contribution is 9.08. The number of hydrogen-bond donors (Lipinski definition) is 0. The molecule has 0 bridgehead atoms. The second-order valence-corrected chi connectivity index (χ2v) is 5.57. The largest absolute Gasteiger partial charge is 0.371 e. The zero-order valence-corrected chi connectivity index (χ0v) is 13.7. The smallest absolute Gasteiger partial charge is 0.0467 e. The number of nitrogens with zero attached hydrogens (tertiary/aromatic N) is 1. The van der Waals surface area contributed by atoms with Gasteiger partial charge in [0.1, 0.15) is 0 Å². The molecule has 1 nitrogen and oxygen atoms in total. The molecule has 1 aromatic rings. The number of anilines is 1. The lowest BCUT2D eigenvalue weighted by Crippen LogP contribution is -2.25. The van der Waals surface area contributed by atoms with Gasteiger partial charge in [0.15, 0.2) is 0 Å². The molecule has 0 aliphatic rings. The first-order valence-electron chi connectivity index (χ1n) is 6.82. The summed E-state index contributed by atoms with van der Waals surface area (Å²) in [7, 11) is 0. The molecule has 0 N–H and O–H groups in total. The molecule has 0 aromatic heterocycles. The van der Waals surface area contributed by atoms with E-state index in [1.165, 1.54) is 31.4 Å². The van der Waals surface area contributed by atoms with E-state index in [1.807, 2.05) is 0 Å². The van der Waals surface area contributed by atoms with Crippen molar-refractivity contribution in [3.8, 4) is 0 Å². The zero-order chi connectivity index (χ0) is 13.4. The van der Waals surface area contributed by atoms with E-state index in [0.717, 1.165) is 29.0 Å². The van der Waals surface area contributed by atoms with Crippen LogP contribution in [-0.4, -0.2) is 13.1 Å². The molecule has 1 aromatic carbocycles. The molecule has 3 heteroatoms. The highest BCUT2D eigenvalue weighted by atomic mass is 79.9. The second kappa shape index (κ2) is 8.82. The average molecular weight is 333 g/mol. The lowest BCUT2D eigenvalue weighted by atomic mass is 10.2. The lowest BCUT2D eigenvalue weighted by Gasteiger charge is -2.25. The summed E-state index contributed by atoms with van der Waals surface area (Å²) in [6.45, 7) is 6.72. The first-order valence-corrected chi connectivity index (χ1v) is 8.32. The van der Waals surface area contributed by atoms with Crippen molar-refractivity contribution in [3.63, 3.8) is 0 Å². The quantitative estimate of drug-likeness (QED) is 0.557. The van der Waals surface area contributed by atoms with Crippen LogP contribution in [0.5, 0.6) is 0 Å². The van der Waals surface area contributed by atoms with Crippen LogP contribution in [0.4, 0.5) is 5.69 Å². The topological polar surface area (TPSA) is 3.24 Å². The van der Waals surface area contributed by atoms with E-state index in [2.05, 4.69) is 52.9 Å². The molecule has 102 valence electrons. The Balaban J connectivity index is 2.79. The highest BCUT2D eigenvalue weighted by Gasteiger charge is 2.08. The van der Waals surface area contributed by atoms with Crippen LogP contribution < -0.4 is 4.90 Å². The summed E-state index contributed by atoms with van der Waals surface area (Å²) in [5.74, 6) is 0. The van der Waals surface area contributed by atoms with E-state index in [-0.39, 0.29) is 0 Å². The van der Waals surface area contributed by atoms with Gasteiger partial charge in [0.2, 0.25) is 0 Å². The van der Waals surface area contributed by atoms with E-state index in [1.54, 1.807) is 0 Å². The Labute approximate surface area is 125 Å². The van der Waals surface area contributed by atoms with Crippen LogP contribution in [0.3, 0.4) is 0 Å². The lowest BCUT2D eigenvalue weighted by molar-refractivity contribution is 0.678. The van der Waals surface area contributed by atoms with Crippen LogP contribution >= 0.6 is 27.5 Å². The third kappa shape index (κ3) is 4.81. The van der Waals surface area contributed by atoms with Crippen LogP contribution in [0.1, 0.15) is 45.1 Å². The van der Waals surface area contributed by atoms with E-state index in [4.69, 9.17) is 11.6 Å². The van der Waals surface area contributed by atoms with Crippen molar-refractivity contribution in [2.24, 2.45) is 0 Å². The second-order valence-electron chi connectivity index (χ2n) is 4.60. The van der Waals surface area contributed by atoms with Crippen molar-refractivity contribution in [2.45, 2.75) is 44.9 Å². The maximum atomic E-state index is 6.29. The minimum absolute atomic E-state index is 0.816. The van der Waals surface area contributed by atoms with E-state index in [0.29, 0.717) is 0 Å². The van der Waals surface area contributed by atoms with Gasteiger partial charge in [-0.1, -0.05) is 60.3 Å². The van der Waals surface area contributed by atoms with Crippen molar-refractivity contribution in [2.75, 3.05) is 18.0 Å². The Hall–Kier alpha value is -0.210. The molecule has 0 aliphatic carbocycles. The minimum atomic E-state index is 0.816. The Morgan fingerprint density at radius 1 is 1.11 bits per heavy atom. The van der Waals surface area contributed by atoms with Gasteiger partial charge in [0.25, 0.3) is 0 Å². The number of rotatable bonds is 8. The summed E-state index contributed by atoms with van der Waals surface area (Å²) >= 11 is 9.74. The van der Waals surface area contributed by atoms with Crippen molar-refractivity contribution >= 4 is 33.2 Å². The monoisotopic (exact) mass is 331 g/mol. The maximum Gasteiger partial charge on any atom is 0.0467 e. The summed E-state index contributed by atoms with van der Waals surface area (Å²) in [6.07, 6.45) is 4.94. The fraction of sp³-hybridized carbons (Fsp3) is 0.600. The standard InChI is InChI=1S/C15H23BrClN/c1-3-5-9-18(10-6-4-2)14-8-7-13(12-16)15(17)11-14/h7-8,11H,3-6,9-10,12H2,1-2H3. The third-order valence-corrected chi connectivity index (χ3v) is 4.06. The Morgan fingerprint density at radius 2 is 1.72 bits per heavy atom. The normalized spacial score (nSPS) is 10.7. The molecular formula is C15H23BrClN. The van der Waals surface area contributed by atoms with Gasteiger partial charge in [0.05, 0.1) is 0 Å². The summed E-state index contributed by atoms with van der Waals surface area (Å²) < 4.78 is 0. The van der Waals surface area contributed by atoms with E-state index < -0.39 is 0 Å². The van der Waals surface area contributed by atoms with Gasteiger partial charge in [-0.05, 0) is 30.5 Å². The van der Waals surface area contributed by atoms with Gasteiger partial charge in [-0.15, -0.1) is 0 Å². The molecule has 0 unspecified atom stereocenters. The Kier molecular flexibility index (Phi) is 7.76. The van der Waals surface area contributed by atoms with E-state index >= 15 is 0 Å². The van der Waals surface area contributed by atoms with Gasteiger partial charge in [-0.3, -0.25) is 0 Å². The summed E-state index contributed by atoms with van der Waals surface area (Å²) in [5, 5.41) is 1.68. The van der Waals surface area contributed by atoms with Crippen LogP contribution in [-0.2, 0) is 5.33 Å². The molecule has 0 saturated carbocycles. The third-order valence-electron chi connectivity index (χ3n) is 3.11. The SMILES string of the molecule is CCCCN(CCCC)c1ccc(CBr)c(Cl)c1. The van der Waals surface area contributed by atoms with Crippen molar-refractivity contribution in [3.05, 3.63) is 28.8 Å². The number of hydrogen-bond acceptors (Lipinski definition) is 1. The highest BCUT2D eigenvalue weighted by Crippen LogP contribution is 2.25. The van der Waals surface area contributed by atoms with Crippen LogP contribution in [0.15, 0.2) is 18.2 Å². The number of halogens is 2. The summed E-state index contributed by atoms with van der Waals surface area (Å²) in [6, 6.07) is 6.41. The Bertz CT molecular complexity index is 346.